The van der Waals surface area contributed by atoms with Gasteiger partial charge in [0.15, 0.2) is 6.21 Å². The molecule has 7 rings (SSSR count). The molecule has 0 atom stereocenters. The highest BCUT2D eigenvalue weighted by Gasteiger charge is 2.33. The van der Waals surface area contributed by atoms with Gasteiger partial charge in [0.2, 0.25) is 11.4 Å². The van der Waals surface area contributed by atoms with Crippen LogP contribution in [0.1, 0.15) is 12.5 Å². The van der Waals surface area contributed by atoms with Crippen LogP contribution in [0.25, 0.3) is 60.9 Å². The van der Waals surface area contributed by atoms with E-state index in [0.29, 0.717) is 0 Å². The number of fused-ring (bicyclic) bond motifs is 5. The number of nitrogens with two attached hydrogens (primary N) is 1. The highest BCUT2D eigenvalue weighted by Crippen LogP contribution is 2.49. The van der Waals surface area contributed by atoms with Crippen molar-refractivity contribution in [2.45, 2.75) is 6.92 Å². The molecule has 220 valence electrons. The van der Waals surface area contributed by atoms with Gasteiger partial charge in [0.25, 0.3) is 0 Å². The van der Waals surface area contributed by atoms with Crippen LogP contribution in [0.15, 0.2) is 171 Å². The Morgan fingerprint density at radius 2 is 1.28 bits per heavy atom. The zero-order chi connectivity index (χ0) is 31.5. The van der Waals surface area contributed by atoms with E-state index < -0.39 is 0 Å². The van der Waals surface area contributed by atoms with E-state index in [1.54, 1.807) is 12.3 Å². The lowest BCUT2D eigenvalue weighted by molar-refractivity contribution is 1.15. The normalized spacial score (nSPS) is 13.5. The topological polar surface area (TPSA) is 29.0 Å². The van der Waals surface area contributed by atoms with E-state index >= 15 is 0 Å². The fourth-order valence-electron chi connectivity index (χ4n) is 6.36. The Morgan fingerprint density at radius 3 is 2.07 bits per heavy atom. The van der Waals surface area contributed by atoms with Gasteiger partial charge in [-0.3, -0.25) is 0 Å². The van der Waals surface area contributed by atoms with Crippen molar-refractivity contribution >= 4 is 33.9 Å². The third-order valence-electron chi connectivity index (χ3n) is 8.66. The summed E-state index contributed by atoms with van der Waals surface area (Å²) >= 11 is 0. The molecule has 1 aliphatic heterocycles. The van der Waals surface area contributed by atoms with Crippen molar-refractivity contribution in [2.75, 3.05) is 0 Å². The van der Waals surface area contributed by atoms with E-state index in [-0.39, 0.29) is 0 Å². The second kappa shape index (κ2) is 12.6. The lowest BCUT2D eigenvalue weighted by atomic mass is 9.95. The molecule has 0 fully saturated rings. The minimum absolute atomic E-state index is 0.918. The summed E-state index contributed by atoms with van der Waals surface area (Å²) in [7, 11) is 0. The molecule has 1 aliphatic rings. The second-order valence-corrected chi connectivity index (χ2v) is 11.4. The van der Waals surface area contributed by atoms with E-state index in [1.165, 1.54) is 55.5 Å². The lowest BCUT2D eigenvalue weighted by Crippen LogP contribution is -2.01. The molecule has 0 bridgehead atoms. The van der Waals surface area contributed by atoms with Crippen molar-refractivity contribution < 1.29 is 0 Å². The van der Waals surface area contributed by atoms with Crippen LogP contribution < -0.4 is 10.3 Å². The Hall–Kier alpha value is -5.99. The van der Waals surface area contributed by atoms with Crippen LogP contribution in [-0.2, 0) is 0 Å². The van der Waals surface area contributed by atoms with Crippen LogP contribution in [0.5, 0.6) is 0 Å². The van der Waals surface area contributed by atoms with Crippen molar-refractivity contribution in [1.82, 2.24) is 4.58 Å². The number of hydrogen-bond donors (Lipinski definition) is 1. The molecule has 2 N–H and O–H groups in total. The first kappa shape index (κ1) is 28.8. The Labute approximate surface area is 271 Å². The van der Waals surface area contributed by atoms with Gasteiger partial charge in [-0.15, -0.1) is 0 Å². The molecule has 2 nitrogen and oxygen atoms in total. The predicted octanol–water partition coefficient (Wildman–Crippen LogP) is 11.3. The molecule has 1 heterocycles. The summed E-state index contributed by atoms with van der Waals surface area (Å²) in [4.78, 5) is 0. The Balaban J connectivity index is 1.34. The largest absolute Gasteiger partial charge is 0.404 e. The minimum Gasteiger partial charge on any atom is -0.404 e. The van der Waals surface area contributed by atoms with Crippen LogP contribution in [0.2, 0.25) is 0 Å². The van der Waals surface area contributed by atoms with Crippen LogP contribution >= 0.6 is 0 Å². The Kier molecular flexibility index (Phi) is 7.85. The molecule has 0 spiro atoms. The van der Waals surface area contributed by atoms with E-state index in [4.69, 9.17) is 5.73 Å². The van der Waals surface area contributed by atoms with Crippen LogP contribution in [-0.4, -0.2) is 6.21 Å². The molecular formula is C44H35N2+. The predicted molar refractivity (Wildman–Crippen MR) is 200 cm³/mol. The van der Waals surface area contributed by atoms with E-state index in [9.17, 15) is 0 Å². The van der Waals surface area contributed by atoms with Gasteiger partial charge >= 0.3 is 0 Å². The average Bonchev–Trinajstić information content (AvgIpc) is 3.44. The minimum atomic E-state index is 0.918. The van der Waals surface area contributed by atoms with Crippen LogP contribution in [0.4, 0.5) is 11.4 Å². The van der Waals surface area contributed by atoms with Gasteiger partial charge in [-0.25, -0.2) is 0 Å². The first-order chi connectivity index (χ1) is 22.7. The average molecular weight is 592 g/mol. The molecule has 0 radical (unpaired) electrons. The second-order valence-electron chi connectivity index (χ2n) is 11.4. The molecule has 0 unspecified atom stereocenters. The summed E-state index contributed by atoms with van der Waals surface area (Å²) in [5.74, 6) is 0. The maximum Gasteiger partial charge on any atom is 0.227 e. The molecule has 6 aromatic carbocycles. The van der Waals surface area contributed by atoms with Crippen LogP contribution in [0.3, 0.4) is 0 Å². The quantitative estimate of drug-likeness (QED) is 0.145. The molecule has 46 heavy (non-hydrogen) atoms. The van der Waals surface area contributed by atoms with Gasteiger partial charge in [0, 0.05) is 18.3 Å². The zero-order valence-electron chi connectivity index (χ0n) is 25.9. The summed E-state index contributed by atoms with van der Waals surface area (Å²) < 4.78 is 2.35. The van der Waals surface area contributed by atoms with Crippen molar-refractivity contribution in [3.05, 3.63) is 176 Å². The SMILES string of the molecule is C=C/C(=C\N)c1cccc(-c2ccc3c4c(ccc3c2)-c2ccc(-c3cccc(-c5ccccc5)c3)cc2[N+]4=C/C=C\C=C/C)c1. The van der Waals surface area contributed by atoms with Gasteiger partial charge in [-0.05, 0) is 93.2 Å². The van der Waals surface area contributed by atoms with Gasteiger partial charge < -0.3 is 5.73 Å². The first-order valence-corrected chi connectivity index (χ1v) is 15.6. The third-order valence-corrected chi connectivity index (χ3v) is 8.66. The molecule has 6 aromatic rings. The molecule has 0 amide bonds. The highest BCUT2D eigenvalue weighted by atomic mass is 15.0. The Bertz CT molecular complexity index is 2230. The zero-order valence-corrected chi connectivity index (χ0v) is 25.9. The fraction of sp³-hybridized carbons (Fsp3) is 0.0227. The standard InChI is InChI=1S/C44H35N2/c1-3-5-6-10-25-46-43-29-38(36-18-12-16-34(27-36)32-13-8-7-9-14-32)20-23-41(43)42-24-21-39-28-37(19-22-40(39)44(42)46)35-17-11-15-33(26-35)31(4-2)30-45/h3-30H,2,45H2,1H3/q+1/b5-3-,10-6-,31-30+,46-25?. The van der Waals surface area contributed by atoms with Gasteiger partial charge in [-0.2, -0.15) is 4.58 Å². The van der Waals surface area contributed by atoms with Gasteiger partial charge in [0.05, 0.1) is 16.5 Å². The maximum absolute atomic E-state index is 5.85. The summed E-state index contributed by atoms with van der Waals surface area (Å²) in [5.41, 5.74) is 19.8. The van der Waals surface area contributed by atoms with E-state index in [0.717, 1.165) is 22.3 Å². The monoisotopic (exact) mass is 591 g/mol. The van der Waals surface area contributed by atoms with Crippen LogP contribution in [0, 0.1) is 0 Å². The first-order valence-electron chi connectivity index (χ1n) is 15.6. The van der Waals surface area contributed by atoms with Crippen molar-refractivity contribution in [3.63, 3.8) is 0 Å². The maximum atomic E-state index is 5.85. The molecule has 2 heteroatoms. The lowest BCUT2D eigenvalue weighted by Gasteiger charge is -2.09. The fourth-order valence-corrected chi connectivity index (χ4v) is 6.36. The molecule has 0 aliphatic carbocycles. The molecule has 0 aromatic heterocycles. The molecular weight excluding hydrogens is 556 g/mol. The van der Waals surface area contributed by atoms with Crippen molar-refractivity contribution in [1.29, 1.82) is 0 Å². The van der Waals surface area contributed by atoms with Gasteiger partial charge in [-0.1, -0.05) is 116 Å². The Morgan fingerprint density at radius 1 is 0.609 bits per heavy atom. The molecule has 0 saturated carbocycles. The van der Waals surface area contributed by atoms with E-state index in [1.807, 2.05) is 13.0 Å². The summed E-state index contributed by atoms with van der Waals surface area (Å²) in [5, 5.41) is 2.41. The summed E-state index contributed by atoms with van der Waals surface area (Å²) in [6.07, 6.45) is 13.9. The number of hydrogen-bond acceptors (Lipinski definition) is 1. The number of rotatable bonds is 7. The summed E-state index contributed by atoms with van der Waals surface area (Å²) in [6.45, 7) is 5.95. The van der Waals surface area contributed by atoms with Gasteiger partial charge in [0.1, 0.15) is 0 Å². The third kappa shape index (κ3) is 5.31. The van der Waals surface area contributed by atoms with Crippen molar-refractivity contribution in [3.8, 4) is 44.5 Å². The summed E-state index contributed by atoms with van der Waals surface area (Å²) in [6, 6.07) is 46.0. The smallest absolute Gasteiger partial charge is 0.227 e. The number of nitrogens with zero attached hydrogens (tertiary/aromatic N) is 1. The molecule has 0 saturated heterocycles. The number of benzene rings is 6. The number of allylic oxidation sites excluding steroid dienone is 6. The van der Waals surface area contributed by atoms with Crippen molar-refractivity contribution in [2.24, 2.45) is 5.73 Å². The van der Waals surface area contributed by atoms with E-state index in [2.05, 4.69) is 163 Å². The highest BCUT2D eigenvalue weighted by molar-refractivity contribution is 6.10.